The first-order chi connectivity index (χ1) is 4.46. The maximum absolute atomic E-state index is 10.5. The molecule has 0 aliphatic carbocycles. The zero-order valence-corrected chi connectivity index (χ0v) is 6.67. The maximum atomic E-state index is 10.5. The third-order valence-corrected chi connectivity index (χ3v) is 0.945. The molecule has 0 unspecified atom stereocenters. The molecule has 64 valence electrons. The summed E-state index contributed by atoms with van der Waals surface area (Å²) in [5.74, 6) is -1.62. The maximum Gasteiger partial charge on any atom is 0.232 e. The Kier molecular flexibility index (Phi) is 5.16. The van der Waals surface area contributed by atoms with Gasteiger partial charge in [0.2, 0.25) is 17.7 Å². The number of rotatable bonds is 0. The molecule has 0 saturated heterocycles. The fourth-order valence-corrected chi connectivity index (χ4v) is 0.665. The molecule has 0 saturated carbocycles. The molecule has 2 N–H and O–H groups in total. The molecule has 0 aliphatic heterocycles. The van der Waals surface area contributed by atoms with Gasteiger partial charge in [-0.1, -0.05) is 0 Å². The summed E-state index contributed by atoms with van der Waals surface area (Å²) in [5, 5.41) is 0. The van der Waals surface area contributed by atoms with Gasteiger partial charge < -0.3 is 5.48 Å². The standard InChI is InChI=1S/C6H9NO3.H2O/c1-4(8)7(5(2)9)6(3)10;/h1-3H3;1H2. The van der Waals surface area contributed by atoms with E-state index in [9.17, 15) is 14.4 Å². The molecule has 11 heavy (non-hydrogen) atoms. The van der Waals surface area contributed by atoms with Crippen molar-refractivity contribution in [2.45, 2.75) is 20.8 Å². The highest BCUT2D eigenvalue weighted by Gasteiger charge is 2.17. The van der Waals surface area contributed by atoms with Crippen LogP contribution in [-0.4, -0.2) is 28.1 Å². The fourth-order valence-electron chi connectivity index (χ4n) is 0.665. The summed E-state index contributed by atoms with van der Waals surface area (Å²) in [6.45, 7) is 3.51. The number of carbonyl (C=O) groups is 3. The van der Waals surface area contributed by atoms with Crippen molar-refractivity contribution in [1.29, 1.82) is 0 Å². The normalized spacial score (nSPS) is 7.91. The molecule has 5 heteroatoms. The van der Waals surface area contributed by atoms with E-state index in [-0.39, 0.29) is 5.48 Å². The third-order valence-electron chi connectivity index (χ3n) is 0.945. The van der Waals surface area contributed by atoms with E-state index >= 15 is 0 Å². The summed E-state index contributed by atoms with van der Waals surface area (Å²) in [5.41, 5.74) is 0. The zero-order valence-electron chi connectivity index (χ0n) is 6.67. The van der Waals surface area contributed by atoms with Crippen LogP contribution in [0.4, 0.5) is 0 Å². The van der Waals surface area contributed by atoms with E-state index in [1.54, 1.807) is 0 Å². The van der Waals surface area contributed by atoms with Crippen LogP contribution in [0.5, 0.6) is 0 Å². The van der Waals surface area contributed by atoms with Crippen LogP contribution < -0.4 is 0 Å². The Morgan fingerprint density at radius 3 is 1.00 bits per heavy atom. The Morgan fingerprint density at radius 1 is 0.818 bits per heavy atom. The van der Waals surface area contributed by atoms with Gasteiger partial charge in [-0.3, -0.25) is 14.4 Å². The number of imide groups is 3. The van der Waals surface area contributed by atoms with Crippen LogP contribution in [0.3, 0.4) is 0 Å². The minimum atomic E-state index is -0.542. The molecule has 0 bridgehead atoms. The van der Waals surface area contributed by atoms with Gasteiger partial charge in [0.05, 0.1) is 0 Å². The van der Waals surface area contributed by atoms with E-state index in [0.717, 1.165) is 0 Å². The van der Waals surface area contributed by atoms with Crippen molar-refractivity contribution >= 4 is 17.7 Å². The molecule has 0 radical (unpaired) electrons. The van der Waals surface area contributed by atoms with Crippen molar-refractivity contribution in [1.82, 2.24) is 4.90 Å². The second-order valence-corrected chi connectivity index (χ2v) is 1.89. The highest BCUT2D eigenvalue weighted by atomic mass is 16.2. The van der Waals surface area contributed by atoms with E-state index in [1.165, 1.54) is 20.8 Å². The zero-order chi connectivity index (χ0) is 8.31. The topological polar surface area (TPSA) is 86.0 Å². The van der Waals surface area contributed by atoms with Gasteiger partial charge in [0.25, 0.3) is 0 Å². The molecule has 0 aromatic rings. The van der Waals surface area contributed by atoms with Crippen LogP contribution in [0, 0.1) is 0 Å². The molecular formula is C6H11NO4. The summed E-state index contributed by atoms with van der Waals surface area (Å²) in [6, 6.07) is 0. The average molecular weight is 161 g/mol. The molecule has 0 heterocycles. The molecular weight excluding hydrogens is 150 g/mol. The molecule has 5 nitrogen and oxygen atoms in total. The Bertz CT molecular complexity index is 154. The SMILES string of the molecule is CC(=O)N(C(C)=O)C(C)=O.O. The Morgan fingerprint density at radius 2 is 1.00 bits per heavy atom. The smallest absolute Gasteiger partial charge is 0.232 e. The van der Waals surface area contributed by atoms with Gasteiger partial charge in [-0.15, -0.1) is 0 Å². The third kappa shape index (κ3) is 3.47. The quantitative estimate of drug-likeness (QED) is 0.461. The van der Waals surface area contributed by atoms with Crippen molar-refractivity contribution in [3.63, 3.8) is 0 Å². The molecule has 0 atom stereocenters. The monoisotopic (exact) mass is 161 g/mol. The molecule has 0 aliphatic rings. The number of carbonyl (C=O) groups excluding carboxylic acids is 3. The van der Waals surface area contributed by atoms with Gasteiger partial charge in [0.15, 0.2) is 0 Å². The molecule has 0 fully saturated rings. The molecule has 3 amide bonds. The first-order valence-corrected chi connectivity index (χ1v) is 2.78. The van der Waals surface area contributed by atoms with Crippen LogP contribution >= 0.6 is 0 Å². The van der Waals surface area contributed by atoms with Crippen LogP contribution in [0.1, 0.15) is 20.8 Å². The lowest BCUT2D eigenvalue weighted by atomic mass is 10.4. The Labute approximate surface area is 64.3 Å². The summed E-state index contributed by atoms with van der Waals surface area (Å²) in [7, 11) is 0. The number of hydrogen-bond acceptors (Lipinski definition) is 3. The largest absolute Gasteiger partial charge is 0.412 e. The fraction of sp³-hybridized carbons (Fsp3) is 0.500. The Hall–Kier alpha value is -1.23. The average Bonchev–Trinajstić information content (AvgIpc) is 1.59. The molecule has 0 aromatic heterocycles. The van der Waals surface area contributed by atoms with Crippen molar-refractivity contribution in [2.24, 2.45) is 0 Å². The van der Waals surface area contributed by atoms with Crippen LogP contribution in [0.2, 0.25) is 0 Å². The number of nitrogens with zero attached hydrogens (tertiary/aromatic N) is 1. The van der Waals surface area contributed by atoms with E-state index < -0.39 is 17.7 Å². The van der Waals surface area contributed by atoms with E-state index in [0.29, 0.717) is 4.90 Å². The summed E-state index contributed by atoms with van der Waals surface area (Å²) >= 11 is 0. The molecule has 0 aromatic carbocycles. The van der Waals surface area contributed by atoms with Gasteiger partial charge in [-0.2, -0.15) is 0 Å². The second kappa shape index (κ2) is 4.56. The number of amides is 3. The minimum Gasteiger partial charge on any atom is -0.412 e. The van der Waals surface area contributed by atoms with Crippen LogP contribution in [-0.2, 0) is 14.4 Å². The Balaban J connectivity index is 0. The lowest BCUT2D eigenvalue weighted by molar-refractivity contribution is -0.150. The first-order valence-electron chi connectivity index (χ1n) is 2.78. The summed E-state index contributed by atoms with van der Waals surface area (Å²) in [6.07, 6.45) is 0. The highest BCUT2D eigenvalue weighted by Crippen LogP contribution is 1.90. The van der Waals surface area contributed by atoms with Crippen molar-refractivity contribution in [2.75, 3.05) is 0 Å². The van der Waals surface area contributed by atoms with Gasteiger partial charge in [0, 0.05) is 20.8 Å². The van der Waals surface area contributed by atoms with Gasteiger partial charge >= 0.3 is 0 Å². The van der Waals surface area contributed by atoms with Crippen molar-refractivity contribution < 1.29 is 19.9 Å². The highest BCUT2D eigenvalue weighted by molar-refractivity contribution is 6.08. The number of hydrogen-bond donors (Lipinski definition) is 0. The summed E-state index contributed by atoms with van der Waals surface area (Å²) in [4.78, 5) is 32.1. The van der Waals surface area contributed by atoms with Gasteiger partial charge in [-0.05, 0) is 0 Å². The van der Waals surface area contributed by atoms with Crippen molar-refractivity contribution in [3.8, 4) is 0 Å². The lowest BCUT2D eigenvalue weighted by Gasteiger charge is -2.10. The predicted molar refractivity (Wildman–Crippen MR) is 37.5 cm³/mol. The minimum absolute atomic E-state index is 0. The molecule has 0 rings (SSSR count). The molecule has 0 spiro atoms. The summed E-state index contributed by atoms with van der Waals surface area (Å²) < 4.78 is 0. The van der Waals surface area contributed by atoms with Gasteiger partial charge in [0.1, 0.15) is 0 Å². The van der Waals surface area contributed by atoms with Gasteiger partial charge in [-0.25, -0.2) is 4.90 Å². The lowest BCUT2D eigenvalue weighted by Crippen LogP contribution is -2.37. The van der Waals surface area contributed by atoms with E-state index in [4.69, 9.17) is 0 Å². The van der Waals surface area contributed by atoms with E-state index in [2.05, 4.69) is 0 Å². The van der Waals surface area contributed by atoms with Crippen LogP contribution in [0.25, 0.3) is 0 Å². The van der Waals surface area contributed by atoms with E-state index in [1.807, 2.05) is 0 Å². The second-order valence-electron chi connectivity index (χ2n) is 1.89. The van der Waals surface area contributed by atoms with Crippen molar-refractivity contribution in [3.05, 3.63) is 0 Å². The first kappa shape index (κ1) is 12.4. The predicted octanol–water partition coefficient (Wildman–Crippen LogP) is -0.897. The van der Waals surface area contributed by atoms with Crippen LogP contribution in [0.15, 0.2) is 0 Å².